The lowest BCUT2D eigenvalue weighted by atomic mass is 10.2. The number of carbonyl (C=O) groups excluding carboxylic acids is 1. The van der Waals surface area contributed by atoms with Crippen molar-refractivity contribution in [1.29, 1.82) is 0 Å². The van der Waals surface area contributed by atoms with Gasteiger partial charge in [0.15, 0.2) is 0 Å². The van der Waals surface area contributed by atoms with Crippen molar-refractivity contribution < 1.29 is 18.1 Å². The number of carbonyl (C=O) groups is 1. The van der Waals surface area contributed by atoms with Crippen LogP contribution in [0.1, 0.15) is 11.1 Å². The van der Waals surface area contributed by atoms with E-state index in [0.717, 1.165) is 22.2 Å². The summed E-state index contributed by atoms with van der Waals surface area (Å²) in [5.74, 6) is -0.529. The van der Waals surface area contributed by atoms with Crippen molar-refractivity contribution in [1.82, 2.24) is 10.3 Å². The Bertz CT molecular complexity index is 915. The van der Waals surface area contributed by atoms with Gasteiger partial charge >= 0.3 is 0 Å². The molecule has 1 amide bonds. The third-order valence-electron chi connectivity index (χ3n) is 3.60. The van der Waals surface area contributed by atoms with E-state index >= 15 is 0 Å². The molecule has 0 unspecified atom stereocenters. The van der Waals surface area contributed by atoms with Gasteiger partial charge < -0.3 is 5.32 Å². The fourth-order valence-electron chi connectivity index (χ4n) is 2.25. The minimum Gasteiger partial charge on any atom is -0.350 e. The van der Waals surface area contributed by atoms with Crippen molar-refractivity contribution >= 4 is 27.3 Å². The maximum Gasteiger partial charge on any atom is 0.271 e. The molecule has 1 heterocycles. The molecular weight excluding hydrogens is 360 g/mol. The highest BCUT2D eigenvalue weighted by molar-refractivity contribution is 7.92. The number of aryl methyl sites for hydroxylation is 1. The van der Waals surface area contributed by atoms with E-state index in [1.807, 2.05) is 0 Å². The Morgan fingerprint density at radius 2 is 1.92 bits per heavy atom. The maximum atomic E-state index is 12.2. The van der Waals surface area contributed by atoms with Crippen LogP contribution in [0.5, 0.6) is 0 Å². The quantitative estimate of drug-likeness (QED) is 0.574. The zero-order valence-electron chi connectivity index (χ0n) is 14.2. The van der Waals surface area contributed by atoms with Crippen LogP contribution in [0.15, 0.2) is 42.7 Å². The first-order valence-electron chi connectivity index (χ1n) is 7.57. The molecule has 2 aromatic rings. The van der Waals surface area contributed by atoms with Crippen LogP contribution in [0.2, 0.25) is 0 Å². The molecule has 0 saturated heterocycles. The Hall–Kier alpha value is -3.01. The zero-order chi connectivity index (χ0) is 19.3. The molecule has 0 aliphatic carbocycles. The van der Waals surface area contributed by atoms with Gasteiger partial charge in [0.25, 0.3) is 5.69 Å². The minimum absolute atomic E-state index is 0.0979. The molecule has 0 radical (unpaired) electrons. The van der Waals surface area contributed by atoms with Crippen LogP contribution in [0.3, 0.4) is 0 Å². The molecule has 1 aromatic carbocycles. The summed E-state index contributed by atoms with van der Waals surface area (Å²) in [5, 5.41) is 13.6. The molecule has 0 bridgehead atoms. The molecule has 26 heavy (non-hydrogen) atoms. The van der Waals surface area contributed by atoms with Crippen LogP contribution in [0.25, 0.3) is 0 Å². The Kier molecular flexibility index (Phi) is 5.88. The summed E-state index contributed by atoms with van der Waals surface area (Å²) in [6.45, 7) is 1.35. The predicted octanol–water partition coefficient (Wildman–Crippen LogP) is 1.38. The van der Waals surface area contributed by atoms with E-state index in [2.05, 4.69) is 10.3 Å². The molecule has 0 spiro atoms. The monoisotopic (exact) mass is 378 g/mol. The third-order valence-corrected chi connectivity index (χ3v) is 4.73. The standard InChI is InChI=1S/C16H18N4O5S/c1-12-3-4-14(20(22)23)9-15(12)19(26(2,24)25)11-16(21)18-10-13-5-7-17-8-6-13/h3-9H,10-11H2,1-2H3,(H,18,21). The van der Waals surface area contributed by atoms with E-state index in [0.29, 0.717) is 5.56 Å². The van der Waals surface area contributed by atoms with Crippen molar-refractivity contribution in [3.63, 3.8) is 0 Å². The van der Waals surface area contributed by atoms with Gasteiger partial charge in [-0.2, -0.15) is 0 Å². The molecule has 9 nitrogen and oxygen atoms in total. The summed E-state index contributed by atoms with van der Waals surface area (Å²) >= 11 is 0. The lowest BCUT2D eigenvalue weighted by Crippen LogP contribution is -2.40. The van der Waals surface area contributed by atoms with Gasteiger partial charge in [0.05, 0.1) is 16.9 Å². The molecule has 1 aromatic heterocycles. The van der Waals surface area contributed by atoms with Crippen molar-refractivity contribution in [3.8, 4) is 0 Å². The molecule has 10 heteroatoms. The van der Waals surface area contributed by atoms with Crippen LogP contribution >= 0.6 is 0 Å². The number of hydrogen-bond acceptors (Lipinski definition) is 6. The number of nitro groups is 1. The normalized spacial score (nSPS) is 11.0. The Morgan fingerprint density at radius 1 is 1.27 bits per heavy atom. The van der Waals surface area contributed by atoms with Crippen LogP contribution in [-0.4, -0.2) is 37.0 Å². The highest BCUT2D eigenvalue weighted by Crippen LogP contribution is 2.27. The van der Waals surface area contributed by atoms with Gasteiger partial charge in [0.2, 0.25) is 15.9 Å². The second-order valence-electron chi connectivity index (χ2n) is 5.63. The number of nitrogens with one attached hydrogen (secondary N) is 1. The fourth-order valence-corrected chi connectivity index (χ4v) is 3.15. The van der Waals surface area contributed by atoms with E-state index in [-0.39, 0.29) is 17.9 Å². The number of benzene rings is 1. The van der Waals surface area contributed by atoms with Crippen LogP contribution in [-0.2, 0) is 21.4 Å². The summed E-state index contributed by atoms with van der Waals surface area (Å²) in [6.07, 6.45) is 4.11. The molecule has 138 valence electrons. The molecule has 0 fully saturated rings. The van der Waals surface area contributed by atoms with Crippen LogP contribution < -0.4 is 9.62 Å². The summed E-state index contributed by atoms with van der Waals surface area (Å²) < 4.78 is 25.1. The molecular formula is C16H18N4O5S. The fraction of sp³-hybridized carbons (Fsp3) is 0.250. The van der Waals surface area contributed by atoms with Gasteiger partial charge in [-0.3, -0.25) is 24.2 Å². The first kappa shape index (κ1) is 19.3. The highest BCUT2D eigenvalue weighted by atomic mass is 32.2. The minimum atomic E-state index is -3.82. The molecule has 0 saturated carbocycles. The van der Waals surface area contributed by atoms with Crippen LogP contribution in [0, 0.1) is 17.0 Å². The van der Waals surface area contributed by atoms with E-state index in [1.165, 1.54) is 12.1 Å². The van der Waals surface area contributed by atoms with Gasteiger partial charge in [-0.15, -0.1) is 0 Å². The molecule has 2 rings (SSSR count). The SMILES string of the molecule is Cc1ccc([N+](=O)[O-])cc1N(CC(=O)NCc1ccncc1)S(C)(=O)=O. The second kappa shape index (κ2) is 7.91. The van der Waals surface area contributed by atoms with Gasteiger partial charge in [-0.05, 0) is 30.2 Å². The number of sulfonamides is 1. The average Bonchev–Trinajstić information content (AvgIpc) is 2.58. The second-order valence-corrected chi connectivity index (χ2v) is 7.54. The first-order valence-corrected chi connectivity index (χ1v) is 9.41. The number of nitrogens with zero attached hydrogens (tertiary/aromatic N) is 3. The summed E-state index contributed by atoms with van der Waals surface area (Å²) in [7, 11) is -3.82. The Labute approximate surface area is 150 Å². The summed E-state index contributed by atoms with van der Waals surface area (Å²) in [5.41, 5.74) is 1.16. The summed E-state index contributed by atoms with van der Waals surface area (Å²) in [6, 6.07) is 7.31. The van der Waals surface area contributed by atoms with E-state index in [4.69, 9.17) is 0 Å². The maximum absolute atomic E-state index is 12.2. The van der Waals surface area contributed by atoms with Gasteiger partial charge in [0, 0.05) is 31.1 Å². The largest absolute Gasteiger partial charge is 0.350 e. The molecule has 0 aliphatic heterocycles. The number of rotatable bonds is 7. The Balaban J connectivity index is 2.22. The predicted molar refractivity (Wildman–Crippen MR) is 96.1 cm³/mol. The van der Waals surface area contributed by atoms with Crippen molar-refractivity contribution in [2.75, 3.05) is 17.1 Å². The number of amides is 1. The van der Waals surface area contributed by atoms with Crippen molar-refractivity contribution in [2.45, 2.75) is 13.5 Å². The topological polar surface area (TPSA) is 123 Å². The van der Waals surface area contributed by atoms with Gasteiger partial charge in [-0.1, -0.05) is 6.07 Å². The Morgan fingerprint density at radius 3 is 2.50 bits per heavy atom. The van der Waals surface area contributed by atoms with Crippen LogP contribution in [0.4, 0.5) is 11.4 Å². The van der Waals surface area contributed by atoms with Crippen molar-refractivity contribution in [2.24, 2.45) is 0 Å². The van der Waals surface area contributed by atoms with Gasteiger partial charge in [-0.25, -0.2) is 8.42 Å². The molecule has 1 N–H and O–H groups in total. The number of anilines is 1. The first-order chi connectivity index (χ1) is 12.2. The van der Waals surface area contributed by atoms with E-state index < -0.39 is 27.4 Å². The van der Waals surface area contributed by atoms with Gasteiger partial charge in [0.1, 0.15) is 6.54 Å². The zero-order valence-corrected chi connectivity index (χ0v) is 15.1. The number of pyridine rings is 1. The van der Waals surface area contributed by atoms with Crippen molar-refractivity contribution in [3.05, 3.63) is 64.0 Å². The molecule has 0 aliphatic rings. The summed E-state index contributed by atoms with van der Waals surface area (Å²) in [4.78, 5) is 26.4. The lowest BCUT2D eigenvalue weighted by molar-refractivity contribution is -0.384. The van der Waals surface area contributed by atoms with E-state index in [9.17, 15) is 23.3 Å². The third kappa shape index (κ3) is 4.99. The average molecular weight is 378 g/mol. The highest BCUT2D eigenvalue weighted by Gasteiger charge is 2.24. The number of non-ortho nitro benzene ring substituents is 1. The van der Waals surface area contributed by atoms with E-state index in [1.54, 1.807) is 31.5 Å². The number of nitro benzene ring substituents is 1. The smallest absolute Gasteiger partial charge is 0.271 e. The number of hydrogen-bond donors (Lipinski definition) is 1. The lowest BCUT2D eigenvalue weighted by Gasteiger charge is -2.23. The number of aromatic nitrogens is 1. The molecule has 0 atom stereocenters.